The molecule has 1 heterocycles. The lowest BCUT2D eigenvalue weighted by atomic mass is 10.1. The number of Topliss-reactive ketones (excluding diaryl/α,β-unsaturated/α-hetero) is 3. The number of ketones is 3. The van der Waals surface area contributed by atoms with E-state index in [1.807, 2.05) is 0 Å². The molecule has 1 aliphatic rings. The van der Waals surface area contributed by atoms with E-state index >= 15 is 0 Å². The molecule has 0 atom stereocenters. The molecule has 12 heavy (non-hydrogen) atoms. The van der Waals surface area contributed by atoms with Crippen molar-refractivity contribution in [2.45, 2.75) is 12.8 Å². The van der Waals surface area contributed by atoms with Crippen LogP contribution in [0, 0.1) is 0 Å². The Kier molecular flexibility index (Phi) is 2.32. The van der Waals surface area contributed by atoms with Gasteiger partial charge in [-0.2, -0.15) is 0 Å². The second-order valence-corrected chi connectivity index (χ2v) is 2.44. The molecular weight excluding hydrogens is 162 g/mol. The average Bonchev–Trinajstić information content (AvgIpc) is 2.07. The SMILES string of the molecule is O=C1CCCNC(=O)C(=O)C1=O. The number of carbonyl (C=O) groups excluding carboxylic acids is 4. The minimum atomic E-state index is -1.25. The lowest BCUT2D eigenvalue weighted by molar-refractivity contribution is -0.149. The van der Waals surface area contributed by atoms with Crippen molar-refractivity contribution < 1.29 is 19.2 Å². The summed E-state index contributed by atoms with van der Waals surface area (Å²) in [4.78, 5) is 42.9. The van der Waals surface area contributed by atoms with Crippen molar-refractivity contribution in [3.8, 4) is 0 Å². The molecular formula is C7H7NO4. The Morgan fingerprint density at radius 1 is 1.00 bits per heavy atom. The summed E-state index contributed by atoms with van der Waals surface area (Å²) in [6, 6.07) is 0. The van der Waals surface area contributed by atoms with Crippen LogP contribution >= 0.6 is 0 Å². The van der Waals surface area contributed by atoms with Crippen LogP contribution in [0.15, 0.2) is 0 Å². The predicted molar refractivity (Wildman–Crippen MR) is 37.3 cm³/mol. The van der Waals surface area contributed by atoms with Crippen LogP contribution in [0.25, 0.3) is 0 Å². The van der Waals surface area contributed by atoms with Crippen LogP contribution in [-0.4, -0.2) is 29.8 Å². The summed E-state index contributed by atoms with van der Waals surface area (Å²) >= 11 is 0. The van der Waals surface area contributed by atoms with Gasteiger partial charge in [0.15, 0.2) is 0 Å². The number of hydrogen-bond donors (Lipinski definition) is 1. The summed E-state index contributed by atoms with van der Waals surface area (Å²) in [5, 5.41) is 2.22. The highest BCUT2D eigenvalue weighted by molar-refractivity contribution is 6.77. The van der Waals surface area contributed by atoms with Gasteiger partial charge in [-0.3, -0.25) is 19.2 Å². The molecule has 0 aliphatic carbocycles. The normalized spacial score (nSPS) is 20.0. The number of nitrogens with one attached hydrogen (secondary N) is 1. The standard InChI is InChI=1S/C7H7NO4/c9-4-2-1-3-8-7(12)6(11)5(4)10/h1-3H2,(H,8,12). The van der Waals surface area contributed by atoms with Crippen LogP contribution in [0.2, 0.25) is 0 Å². The number of hydrogen-bond acceptors (Lipinski definition) is 4. The van der Waals surface area contributed by atoms with E-state index in [2.05, 4.69) is 5.32 Å². The van der Waals surface area contributed by atoms with E-state index in [9.17, 15) is 19.2 Å². The highest BCUT2D eigenvalue weighted by Crippen LogP contribution is 1.96. The first-order valence-corrected chi connectivity index (χ1v) is 3.52. The van der Waals surface area contributed by atoms with Crippen molar-refractivity contribution in [2.24, 2.45) is 0 Å². The van der Waals surface area contributed by atoms with E-state index in [1.54, 1.807) is 0 Å². The van der Waals surface area contributed by atoms with Crippen LogP contribution in [0.3, 0.4) is 0 Å². The Hall–Kier alpha value is -1.52. The molecule has 0 aromatic heterocycles. The summed E-state index contributed by atoms with van der Waals surface area (Å²) in [6.07, 6.45) is 0.439. The molecule has 0 radical (unpaired) electrons. The van der Waals surface area contributed by atoms with Crippen molar-refractivity contribution in [3.63, 3.8) is 0 Å². The van der Waals surface area contributed by atoms with Gasteiger partial charge < -0.3 is 5.32 Å². The van der Waals surface area contributed by atoms with Crippen molar-refractivity contribution in [2.75, 3.05) is 6.54 Å². The maximum absolute atomic E-state index is 10.8. The molecule has 0 bridgehead atoms. The third-order valence-electron chi connectivity index (χ3n) is 1.53. The Morgan fingerprint density at radius 2 is 1.67 bits per heavy atom. The molecule has 1 aliphatic heterocycles. The topological polar surface area (TPSA) is 80.3 Å². The zero-order chi connectivity index (χ0) is 9.14. The summed E-state index contributed by atoms with van der Waals surface area (Å²) in [6.45, 7) is 0.267. The van der Waals surface area contributed by atoms with Crippen LogP contribution < -0.4 is 5.32 Å². The zero-order valence-corrected chi connectivity index (χ0v) is 6.25. The number of rotatable bonds is 0. The molecule has 1 saturated heterocycles. The molecule has 1 fully saturated rings. The monoisotopic (exact) mass is 169 g/mol. The third kappa shape index (κ3) is 1.55. The lowest BCUT2D eigenvalue weighted by Gasteiger charge is -2.06. The van der Waals surface area contributed by atoms with Gasteiger partial charge in [0, 0.05) is 13.0 Å². The molecule has 5 nitrogen and oxygen atoms in total. The van der Waals surface area contributed by atoms with Gasteiger partial charge in [-0.05, 0) is 6.42 Å². The summed E-state index contributed by atoms with van der Waals surface area (Å²) in [5.74, 6) is -4.20. The van der Waals surface area contributed by atoms with Crippen LogP contribution in [-0.2, 0) is 19.2 Å². The largest absolute Gasteiger partial charge is 0.349 e. The van der Waals surface area contributed by atoms with Gasteiger partial charge in [0.2, 0.25) is 5.78 Å². The van der Waals surface area contributed by atoms with E-state index in [0.717, 1.165) is 0 Å². The van der Waals surface area contributed by atoms with Gasteiger partial charge in [0.1, 0.15) is 0 Å². The molecule has 0 unspecified atom stereocenters. The molecule has 1 amide bonds. The fraction of sp³-hybridized carbons (Fsp3) is 0.429. The van der Waals surface area contributed by atoms with Crippen molar-refractivity contribution >= 4 is 23.3 Å². The molecule has 0 aromatic rings. The van der Waals surface area contributed by atoms with E-state index < -0.39 is 23.3 Å². The third-order valence-corrected chi connectivity index (χ3v) is 1.53. The van der Waals surface area contributed by atoms with E-state index in [1.165, 1.54) is 0 Å². The fourth-order valence-corrected chi connectivity index (χ4v) is 0.874. The van der Waals surface area contributed by atoms with Gasteiger partial charge >= 0.3 is 0 Å². The van der Waals surface area contributed by atoms with E-state index in [4.69, 9.17) is 0 Å². The second-order valence-electron chi connectivity index (χ2n) is 2.44. The van der Waals surface area contributed by atoms with E-state index in [0.29, 0.717) is 6.42 Å². The molecule has 1 N–H and O–H groups in total. The lowest BCUT2D eigenvalue weighted by Crippen LogP contribution is -2.41. The molecule has 0 aromatic carbocycles. The Labute approximate surface area is 68.1 Å². The van der Waals surface area contributed by atoms with Crippen molar-refractivity contribution in [3.05, 3.63) is 0 Å². The first-order chi connectivity index (χ1) is 5.63. The first kappa shape index (κ1) is 8.58. The molecule has 5 heteroatoms. The fourth-order valence-electron chi connectivity index (χ4n) is 0.874. The van der Waals surface area contributed by atoms with Crippen LogP contribution in [0.1, 0.15) is 12.8 Å². The van der Waals surface area contributed by atoms with Gasteiger partial charge in [-0.15, -0.1) is 0 Å². The van der Waals surface area contributed by atoms with Crippen molar-refractivity contribution in [1.29, 1.82) is 0 Å². The smallest absolute Gasteiger partial charge is 0.296 e. The Bertz CT molecular complexity index is 241. The van der Waals surface area contributed by atoms with Crippen molar-refractivity contribution in [1.82, 2.24) is 5.32 Å². The zero-order valence-electron chi connectivity index (χ0n) is 6.25. The summed E-state index contributed by atoms with van der Waals surface area (Å²) in [5.41, 5.74) is 0. The first-order valence-electron chi connectivity index (χ1n) is 3.52. The number of carbonyl (C=O) groups is 4. The summed E-state index contributed by atoms with van der Waals surface area (Å²) < 4.78 is 0. The minimum Gasteiger partial charge on any atom is -0.349 e. The average molecular weight is 169 g/mol. The van der Waals surface area contributed by atoms with E-state index in [-0.39, 0.29) is 13.0 Å². The van der Waals surface area contributed by atoms with Crippen LogP contribution in [0.4, 0.5) is 0 Å². The quantitative estimate of drug-likeness (QED) is 0.452. The maximum Gasteiger partial charge on any atom is 0.296 e. The molecule has 0 saturated carbocycles. The highest BCUT2D eigenvalue weighted by atomic mass is 16.2. The highest BCUT2D eigenvalue weighted by Gasteiger charge is 2.29. The molecule has 0 spiro atoms. The number of amides is 1. The predicted octanol–water partition coefficient (Wildman–Crippen LogP) is -1.40. The second kappa shape index (κ2) is 3.25. The van der Waals surface area contributed by atoms with Gasteiger partial charge in [-0.25, -0.2) is 0 Å². The minimum absolute atomic E-state index is 0.0326. The Balaban J connectivity index is 2.82. The van der Waals surface area contributed by atoms with Gasteiger partial charge in [0.05, 0.1) is 0 Å². The van der Waals surface area contributed by atoms with Gasteiger partial charge in [0.25, 0.3) is 17.5 Å². The maximum atomic E-state index is 10.8. The molecule has 1 rings (SSSR count). The van der Waals surface area contributed by atoms with Gasteiger partial charge in [-0.1, -0.05) is 0 Å². The van der Waals surface area contributed by atoms with Crippen LogP contribution in [0.5, 0.6) is 0 Å². The summed E-state index contributed by atoms with van der Waals surface area (Å²) in [7, 11) is 0. The molecule has 64 valence electrons. The Morgan fingerprint density at radius 3 is 2.33 bits per heavy atom.